The van der Waals surface area contributed by atoms with Gasteiger partial charge in [0.1, 0.15) is 0 Å². The van der Waals surface area contributed by atoms with Crippen molar-refractivity contribution in [3.63, 3.8) is 0 Å². The molecule has 0 bridgehead atoms. The molecular weight excluding hydrogens is 182 g/mol. The lowest BCUT2D eigenvalue weighted by Crippen LogP contribution is -2.45. The third-order valence-corrected chi connectivity index (χ3v) is 2.47. The maximum atomic E-state index is 11.5. The largest absolute Gasteiger partial charge is 0.331 e. The van der Waals surface area contributed by atoms with Crippen LogP contribution in [0.5, 0.6) is 0 Å². The number of likely N-dealkylation sites (N-methyl/N-ethyl adjacent to an activating group) is 1. The summed E-state index contributed by atoms with van der Waals surface area (Å²) >= 11 is 0. The normalized spacial score (nSPS) is 21.3. The highest BCUT2D eigenvalue weighted by Gasteiger charge is 2.32. The van der Waals surface area contributed by atoms with Crippen molar-refractivity contribution in [2.75, 3.05) is 26.7 Å². The van der Waals surface area contributed by atoms with E-state index in [0.29, 0.717) is 6.54 Å². The van der Waals surface area contributed by atoms with Crippen LogP contribution in [0.4, 0.5) is 0 Å². The molecular formula is C9H17N3O2. The van der Waals surface area contributed by atoms with Crippen LogP contribution < -0.4 is 11.1 Å². The molecule has 0 aromatic heterocycles. The second kappa shape index (κ2) is 5.07. The van der Waals surface area contributed by atoms with Gasteiger partial charge in [-0.3, -0.25) is 9.59 Å². The molecule has 1 fully saturated rings. The summed E-state index contributed by atoms with van der Waals surface area (Å²) in [6, 6.07) is -0.277. The minimum Gasteiger partial charge on any atom is -0.331 e. The van der Waals surface area contributed by atoms with Gasteiger partial charge in [-0.25, -0.2) is 0 Å². The lowest BCUT2D eigenvalue weighted by atomic mass is 10.1. The van der Waals surface area contributed by atoms with Gasteiger partial charge in [-0.1, -0.05) is 0 Å². The first kappa shape index (κ1) is 11.1. The zero-order valence-electron chi connectivity index (χ0n) is 8.45. The van der Waals surface area contributed by atoms with Crippen molar-refractivity contribution < 1.29 is 9.59 Å². The molecule has 14 heavy (non-hydrogen) atoms. The van der Waals surface area contributed by atoms with Crippen LogP contribution in [0.15, 0.2) is 0 Å². The number of carbonyl (C=O) groups is 2. The Kier molecular flexibility index (Phi) is 4.03. The van der Waals surface area contributed by atoms with Crippen LogP contribution in [-0.2, 0) is 9.59 Å². The van der Waals surface area contributed by atoms with Crippen molar-refractivity contribution in [3.8, 4) is 0 Å². The molecule has 5 nitrogen and oxygen atoms in total. The lowest BCUT2D eigenvalue weighted by Gasteiger charge is -2.23. The molecule has 5 heteroatoms. The standard InChI is InChI=1S/C9H17N3O2/c1-11-6-9(14)12-4-2-3-7(12)8(13)5-10/h7,11H,2-6,10H2,1H3. The van der Waals surface area contributed by atoms with Crippen molar-refractivity contribution in [2.45, 2.75) is 18.9 Å². The monoisotopic (exact) mass is 199 g/mol. The summed E-state index contributed by atoms with van der Waals surface area (Å²) in [5.41, 5.74) is 5.29. The van der Waals surface area contributed by atoms with Gasteiger partial charge in [0.15, 0.2) is 5.78 Å². The molecule has 80 valence electrons. The highest BCUT2D eigenvalue weighted by atomic mass is 16.2. The molecule has 1 saturated heterocycles. The number of nitrogens with two attached hydrogens (primary N) is 1. The second-order valence-electron chi connectivity index (χ2n) is 3.45. The third-order valence-electron chi connectivity index (χ3n) is 2.47. The van der Waals surface area contributed by atoms with Crippen molar-refractivity contribution >= 4 is 11.7 Å². The van der Waals surface area contributed by atoms with Gasteiger partial charge in [0.2, 0.25) is 5.91 Å². The van der Waals surface area contributed by atoms with E-state index < -0.39 is 0 Å². The van der Waals surface area contributed by atoms with Gasteiger partial charge in [-0.2, -0.15) is 0 Å². The van der Waals surface area contributed by atoms with Gasteiger partial charge >= 0.3 is 0 Å². The first-order valence-corrected chi connectivity index (χ1v) is 4.87. The van der Waals surface area contributed by atoms with E-state index in [0.717, 1.165) is 12.8 Å². The van der Waals surface area contributed by atoms with E-state index >= 15 is 0 Å². The molecule has 0 aromatic carbocycles. The predicted octanol–water partition coefficient (Wildman–Crippen LogP) is -1.28. The number of amides is 1. The average molecular weight is 199 g/mol. The van der Waals surface area contributed by atoms with Gasteiger partial charge in [0, 0.05) is 6.54 Å². The molecule has 0 aromatic rings. The summed E-state index contributed by atoms with van der Waals surface area (Å²) in [6.07, 6.45) is 1.65. The lowest BCUT2D eigenvalue weighted by molar-refractivity contribution is -0.136. The number of hydrogen-bond acceptors (Lipinski definition) is 4. The Labute approximate surface area is 83.6 Å². The number of carbonyl (C=O) groups excluding carboxylic acids is 2. The fourth-order valence-corrected chi connectivity index (χ4v) is 1.79. The molecule has 0 radical (unpaired) electrons. The van der Waals surface area contributed by atoms with E-state index in [4.69, 9.17) is 5.73 Å². The Hall–Kier alpha value is -0.940. The molecule has 1 atom stereocenters. The number of nitrogens with one attached hydrogen (secondary N) is 1. The number of hydrogen-bond donors (Lipinski definition) is 2. The third kappa shape index (κ3) is 2.30. The number of ketones is 1. The maximum Gasteiger partial charge on any atom is 0.237 e. The van der Waals surface area contributed by atoms with Crippen LogP contribution >= 0.6 is 0 Å². The number of rotatable bonds is 4. The van der Waals surface area contributed by atoms with E-state index in [1.807, 2.05) is 0 Å². The molecule has 1 amide bonds. The van der Waals surface area contributed by atoms with Crippen LogP contribution in [0.1, 0.15) is 12.8 Å². The Bertz CT molecular complexity index is 230. The van der Waals surface area contributed by atoms with Crippen molar-refractivity contribution in [1.29, 1.82) is 0 Å². The molecule has 1 aliphatic heterocycles. The molecule has 1 unspecified atom stereocenters. The Morgan fingerprint density at radius 2 is 2.29 bits per heavy atom. The van der Waals surface area contributed by atoms with E-state index in [9.17, 15) is 9.59 Å². The topological polar surface area (TPSA) is 75.4 Å². The summed E-state index contributed by atoms with van der Waals surface area (Å²) < 4.78 is 0. The molecule has 1 rings (SSSR count). The van der Waals surface area contributed by atoms with Crippen molar-refractivity contribution in [2.24, 2.45) is 5.73 Å². The molecule has 1 aliphatic rings. The summed E-state index contributed by atoms with van der Waals surface area (Å²) in [7, 11) is 1.72. The predicted molar refractivity (Wildman–Crippen MR) is 52.7 cm³/mol. The number of likely N-dealkylation sites (tertiary alicyclic amines) is 1. The smallest absolute Gasteiger partial charge is 0.237 e. The highest BCUT2D eigenvalue weighted by molar-refractivity contribution is 5.91. The first-order valence-electron chi connectivity index (χ1n) is 4.87. The van der Waals surface area contributed by atoms with Crippen LogP contribution in [0.3, 0.4) is 0 Å². The second-order valence-corrected chi connectivity index (χ2v) is 3.45. The minimum atomic E-state index is -0.277. The van der Waals surface area contributed by atoms with Gasteiger partial charge in [-0.15, -0.1) is 0 Å². The molecule has 3 N–H and O–H groups in total. The quantitative estimate of drug-likeness (QED) is 0.591. The summed E-state index contributed by atoms with van der Waals surface area (Å²) in [5, 5.41) is 2.79. The Morgan fingerprint density at radius 3 is 2.86 bits per heavy atom. The van der Waals surface area contributed by atoms with E-state index in [2.05, 4.69) is 5.32 Å². The fourth-order valence-electron chi connectivity index (χ4n) is 1.79. The van der Waals surface area contributed by atoms with Gasteiger partial charge in [0.25, 0.3) is 0 Å². The summed E-state index contributed by atoms with van der Waals surface area (Å²) in [4.78, 5) is 24.6. The van der Waals surface area contributed by atoms with Gasteiger partial charge in [0.05, 0.1) is 19.1 Å². The van der Waals surface area contributed by atoms with E-state index in [-0.39, 0.29) is 30.8 Å². The van der Waals surface area contributed by atoms with Crippen LogP contribution in [0.25, 0.3) is 0 Å². The molecule has 0 aliphatic carbocycles. The molecule has 0 saturated carbocycles. The van der Waals surface area contributed by atoms with Crippen LogP contribution in [-0.4, -0.2) is 49.3 Å². The summed E-state index contributed by atoms with van der Waals surface area (Å²) in [5.74, 6) is -0.0521. The molecule has 0 spiro atoms. The number of nitrogens with zero attached hydrogens (tertiary/aromatic N) is 1. The van der Waals surface area contributed by atoms with Gasteiger partial charge in [-0.05, 0) is 19.9 Å². The highest BCUT2D eigenvalue weighted by Crippen LogP contribution is 2.17. The zero-order valence-corrected chi connectivity index (χ0v) is 8.45. The van der Waals surface area contributed by atoms with Crippen molar-refractivity contribution in [3.05, 3.63) is 0 Å². The SMILES string of the molecule is CNCC(=O)N1CCCC1C(=O)CN. The minimum absolute atomic E-state index is 0.0169. The summed E-state index contributed by atoms with van der Waals surface area (Å²) in [6.45, 7) is 0.985. The zero-order chi connectivity index (χ0) is 10.6. The average Bonchev–Trinajstić information content (AvgIpc) is 2.65. The van der Waals surface area contributed by atoms with E-state index in [1.165, 1.54) is 0 Å². The first-order chi connectivity index (χ1) is 6.70. The van der Waals surface area contributed by atoms with Crippen molar-refractivity contribution in [1.82, 2.24) is 10.2 Å². The van der Waals surface area contributed by atoms with E-state index in [1.54, 1.807) is 11.9 Å². The van der Waals surface area contributed by atoms with Crippen LogP contribution in [0, 0.1) is 0 Å². The van der Waals surface area contributed by atoms with Gasteiger partial charge < -0.3 is 16.0 Å². The fraction of sp³-hybridized carbons (Fsp3) is 0.778. The molecule has 1 heterocycles. The number of Topliss-reactive ketones (excluding diaryl/α,β-unsaturated/α-hetero) is 1. The maximum absolute atomic E-state index is 11.5. The van der Waals surface area contributed by atoms with Crippen LogP contribution in [0.2, 0.25) is 0 Å². The Morgan fingerprint density at radius 1 is 1.57 bits per heavy atom. The Balaban J connectivity index is 2.59.